The molecule has 2 aromatic carbocycles. The molecule has 148 valence electrons. The number of hydrazone groups is 1. The van der Waals surface area contributed by atoms with Gasteiger partial charge in [0.05, 0.1) is 27.9 Å². The van der Waals surface area contributed by atoms with Gasteiger partial charge in [-0.15, -0.1) is 0 Å². The van der Waals surface area contributed by atoms with Crippen molar-refractivity contribution in [1.29, 1.82) is 0 Å². The molecule has 3 N–H and O–H groups in total. The minimum Gasteiger partial charge on any atom is -0.490 e. The van der Waals surface area contributed by atoms with Crippen LogP contribution in [0.3, 0.4) is 0 Å². The SMILES string of the molecule is CCOc1cc(/C=N\Nc2ccc([N+](=O)[O-])cc2)c(Br)c(Br)c1OCC(N)=O. The average molecular weight is 516 g/mol. The van der Waals surface area contributed by atoms with Crippen molar-refractivity contribution in [3.05, 3.63) is 55.0 Å². The van der Waals surface area contributed by atoms with Gasteiger partial charge in [-0.1, -0.05) is 0 Å². The second-order valence-corrected chi connectivity index (χ2v) is 6.87. The van der Waals surface area contributed by atoms with Crippen molar-refractivity contribution < 1.29 is 19.2 Å². The molecule has 0 aromatic heterocycles. The maximum Gasteiger partial charge on any atom is 0.269 e. The number of nitrogens with zero attached hydrogens (tertiary/aromatic N) is 2. The van der Waals surface area contributed by atoms with Crippen LogP contribution in [-0.2, 0) is 4.79 Å². The number of primary amides is 1. The lowest BCUT2D eigenvalue weighted by molar-refractivity contribution is -0.384. The summed E-state index contributed by atoms with van der Waals surface area (Å²) in [4.78, 5) is 21.2. The standard InChI is InChI=1S/C17H16Br2N4O5/c1-2-27-13-7-10(15(18)16(19)17(13)28-9-14(20)24)8-21-22-11-3-5-12(6-4-11)23(25)26/h3-8,22H,2,9H2,1H3,(H2,20,24)/b21-8-. The molecule has 0 aliphatic carbocycles. The molecule has 0 atom stereocenters. The Bertz CT molecular complexity index is 903. The summed E-state index contributed by atoms with van der Waals surface area (Å²) in [5.41, 5.74) is 9.16. The van der Waals surface area contributed by atoms with Crippen LogP contribution >= 0.6 is 31.9 Å². The summed E-state index contributed by atoms with van der Waals surface area (Å²) in [6, 6.07) is 7.54. The van der Waals surface area contributed by atoms with E-state index in [1.807, 2.05) is 6.92 Å². The van der Waals surface area contributed by atoms with E-state index in [1.54, 1.807) is 18.2 Å². The molecular weight excluding hydrogens is 500 g/mol. The van der Waals surface area contributed by atoms with E-state index in [0.717, 1.165) is 0 Å². The van der Waals surface area contributed by atoms with Crippen LogP contribution in [0.4, 0.5) is 11.4 Å². The molecule has 1 amide bonds. The van der Waals surface area contributed by atoms with Gasteiger partial charge >= 0.3 is 0 Å². The van der Waals surface area contributed by atoms with Gasteiger partial charge in [0.2, 0.25) is 0 Å². The Morgan fingerprint density at radius 2 is 1.96 bits per heavy atom. The number of nitrogens with two attached hydrogens (primary N) is 1. The maximum absolute atomic E-state index is 11.0. The molecule has 0 bridgehead atoms. The highest BCUT2D eigenvalue weighted by Crippen LogP contribution is 2.42. The van der Waals surface area contributed by atoms with Crippen LogP contribution in [0.1, 0.15) is 12.5 Å². The number of carbonyl (C=O) groups is 1. The molecule has 0 saturated carbocycles. The van der Waals surface area contributed by atoms with Gasteiger partial charge in [-0.25, -0.2) is 0 Å². The lowest BCUT2D eigenvalue weighted by atomic mass is 10.2. The summed E-state index contributed by atoms with van der Waals surface area (Å²) < 4.78 is 12.2. The van der Waals surface area contributed by atoms with Gasteiger partial charge < -0.3 is 15.2 Å². The first-order chi connectivity index (χ1) is 13.3. The Morgan fingerprint density at radius 3 is 2.54 bits per heavy atom. The van der Waals surface area contributed by atoms with Crippen molar-refractivity contribution in [3.63, 3.8) is 0 Å². The zero-order valence-corrected chi connectivity index (χ0v) is 17.8. The molecule has 28 heavy (non-hydrogen) atoms. The van der Waals surface area contributed by atoms with E-state index in [1.165, 1.54) is 18.3 Å². The second-order valence-electron chi connectivity index (χ2n) is 5.28. The lowest BCUT2D eigenvalue weighted by Gasteiger charge is -2.15. The number of amides is 1. The fourth-order valence-corrected chi connectivity index (χ4v) is 3.01. The second kappa shape index (κ2) is 10.0. The van der Waals surface area contributed by atoms with E-state index in [-0.39, 0.29) is 12.3 Å². The number of rotatable bonds is 9. The van der Waals surface area contributed by atoms with Gasteiger partial charge in [0, 0.05) is 22.2 Å². The van der Waals surface area contributed by atoms with Gasteiger partial charge in [-0.2, -0.15) is 5.10 Å². The fourth-order valence-electron chi connectivity index (χ4n) is 2.07. The number of ether oxygens (including phenoxy) is 2. The highest BCUT2D eigenvalue weighted by molar-refractivity contribution is 9.13. The molecule has 0 heterocycles. The molecule has 0 aliphatic rings. The Labute approximate surface area is 177 Å². The first kappa shape index (κ1) is 21.6. The van der Waals surface area contributed by atoms with Gasteiger partial charge in [0.1, 0.15) is 0 Å². The molecule has 0 unspecified atom stereocenters. The summed E-state index contributed by atoms with van der Waals surface area (Å²) in [5, 5.41) is 14.8. The summed E-state index contributed by atoms with van der Waals surface area (Å²) in [5.74, 6) is 0.145. The Hall–Kier alpha value is -2.66. The summed E-state index contributed by atoms with van der Waals surface area (Å²) >= 11 is 6.85. The Kier molecular flexibility index (Phi) is 7.76. The number of benzene rings is 2. The summed E-state index contributed by atoms with van der Waals surface area (Å²) in [7, 11) is 0. The maximum atomic E-state index is 11.0. The van der Waals surface area contributed by atoms with E-state index in [4.69, 9.17) is 15.2 Å². The van der Waals surface area contributed by atoms with Gasteiger partial charge in [0.15, 0.2) is 18.1 Å². The smallest absolute Gasteiger partial charge is 0.269 e. The number of halogens is 2. The average Bonchev–Trinajstić information content (AvgIpc) is 2.65. The van der Waals surface area contributed by atoms with Crippen LogP contribution in [-0.4, -0.2) is 30.3 Å². The molecule has 11 heteroatoms. The monoisotopic (exact) mass is 514 g/mol. The van der Waals surface area contributed by atoms with Crippen molar-refractivity contribution in [2.75, 3.05) is 18.6 Å². The highest BCUT2D eigenvalue weighted by atomic mass is 79.9. The third-order valence-corrected chi connectivity index (χ3v) is 5.43. The van der Waals surface area contributed by atoms with Crippen LogP contribution in [0.15, 0.2) is 44.4 Å². The molecule has 0 saturated heterocycles. The first-order valence-electron chi connectivity index (χ1n) is 7.92. The molecule has 9 nitrogen and oxygen atoms in total. The van der Waals surface area contributed by atoms with Crippen molar-refractivity contribution in [2.24, 2.45) is 10.8 Å². The number of carbonyl (C=O) groups excluding carboxylic acids is 1. The van der Waals surface area contributed by atoms with Gasteiger partial charge in [0.25, 0.3) is 11.6 Å². The van der Waals surface area contributed by atoms with E-state index in [2.05, 4.69) is 42.4 Å². The van der Waals surface area contributed by atoms with Crippen LogP contribution < -0.4 is 20.6 Å². The van der Waals surface area contributed by atoms with E-state index in [0.29, 0.717) is 38.3 Å². The van der Waals surface area contributed by atoms with Gasteiger partial charge in [-0.05, 0) is 57.0 Å². The van der Waals surface area contributed by atoms with Crippen LogP contribution in [0.5, 0.6) is 11.5 Å². The number of nitrogens with one attached hydrogen (secondary N) is 1. The number of hydrogen-bond donors (Lipinski definition) is 2. The van der Waals surface area contributed by atoms with Crippen LogP contribution in [0.2, 0.25) is 0 Å². The topological polar surface area (TPSA) is 129 Å². The predicted molar refractivity (Wildman–Crippen MR) is 112 cm³/mol. The third kappa shape index (κ3) is 5.67. The molecule has 0 fully saturated rings. The number of non-ortho nitro benzene ring substituents is 1. The number of anilines is 1. The van der Waals surface area contributed by atoms with Crippen molar-refractivity contribution in [3.8, 4) is 11.5 Å². The first-order valence-corrected chi connectivity index (χ1v) is 9.51. The number of hydrogen-bond acceptors (Lipinski definition) is 7. The largest absolute Gasteiger partial charge is 0.490 e. The van der Waals surface area contributed by atoms with E-state index >= 15 is 0 Å². The van der Waals surface area contributed by atoms with Crippen LogP contribution in [0, 0.1) is 10.1 Å². The molecule has 0 spiro atoms. The summed E-state index contributed by atoms with van der Waals surface area (Å²) in [6.45, 7) is 1.91. The molecule has 0 aliphatic heterocycles. The lowest BCUT2D eigenvalue weighted by Crippen LogP contribution is -2.20. The minimum atomic E-state index is -0.608. The highest BCUT2D eigenvalue weighted by Gasteiger charge is 2.17. The van der Waals surface area contributed by atoms with Crippen molar-refractivity contribution in [1.82, 2.24) is 0 Å². The van der Waals surface area contributed by atoms with E-state index in [9.17, 15) is 14.9 Å². The molecule has 0 radical (unpaired) electrons. The quantitative estimate of drug-likeness (QED) is 0.296. The Morgan fingerprint density at radius 1 is 1.29 bits per heavy atom. The number of nitro benzene ring substituents is 1. The fraction of sp³-hybridized carbons (Fsp3) is 0.176. The van der Waals surface area contributed by atoms with Crippen molar-refractivity contribution in [2.45, 2.75) is 6.92 Å². The van der Waals surface area contributed by atoms with E-state index < -0.39 is 10.8 Å². The molecule has 2 aromatic rings. The zero-order valence-electron chi connectivity index (χ0n) is 14.6. The number of nitro groups is 1. The normalized spacial score (nSPS) is 10.7. The molecule has 2 rings (SSSR count). The van der Waals surface area contributed by atoms with Gasteiger partial charge in [-0.3, -0.25) is 20.3 Å². The predicted octanol–water partition coefficient (Wildman–Crippen LogP) is 3.83. The zero-order chi connectivity index (χ0) is 20.7. The minimum absolute atomic E-state index is 0.00545. The third-order valence-electron chi connectivity index (χ3n) is 3.29. The summed E-state index contributed by atoms with van der Waals surface area (Å²) in [6.07, 6.45) is 1.54. The van der Waals surface area contributed by atoms with Crippen LogP contribution in [0.25, 0.3) is 0 Å². The molecular formula is C17H16Br2N4O5. The Balaban J connectivity index is 2.23. The van der Waals surface area contributed by atoms with Crippen molar-refractivity contribution >= 4 is 55.4 Å².